The predicted octanol–water partition coefficient (Wildman–Crippen LogP) is 2.95. The van der Waals surface area contributed by atoms with E-state index >= 15 is 0 Å². The van der Waals surface area contributed by atoms with Gasteiger partial charge in [0, 0.05) is 11.7 Å². The highest BCUT2D eigenvalue weighted by molar-refractivity contribution is 5.50. The summed E-state index contributed by atoms with van der Waals surface area (Å²) in [5.74, 6) is 1.03. The summed E-state index contributed by atoms with van der Waals surface area (Å²) >= 11 is 0. The van der Waals surface area contributed by atoms with Gasteiger partial charge in [0.25, 0.3) is 0 Å². The maximum atomic E-state index is 5.58. The van der Waals surface area contributed by atoms with Crippen LogP contribution in [0.15, 0.2) is 47.1 Å². The topological polar surface area (TPSA) is 42.4 Å². The summed E-state index contributed by atoms with van der Waals surface area (Å²) in [6.07, 6.45) is 5.25. The molecule has 0 amide bonds. The number of rotatable bonds is 6. The second kappa shape index (κ2) is 5.49. The van der Waals surface area contributed by atoms with Gasteiger partial charge in [-0.1, -0.05) is 12.1 Å². The Morgan fingerprint density at radius 2 is 1.95 bits per heavy atom. The lowest BCUT2D eigenvalue weighted by molar-refractivity contribution is 0.501. The molecule has 19 heavy (non-hydrogen) atoms. The minimum atomic E-state index is 0.672. The maximum Gasteiger partial charge on any atom is 0.123 e. The van der Waals surface area contributed by atoms with Gasteiger partial charge < -0.3 is 15.1 Å². The maximum absolute atomic E-state index is 5.58. The van der Waals surface area contributed by atoms with Gasteiger partial charge in [0.1, 0.15) is 5.76 Å². The largest absolute Gasteiger partial charge is 0.467 e. The lowest BCUT2D eigenvalue weighted by atomic mass is 10.1. The molecule has 1 aliphatic carbocycles. The highest BCUT2D eigenvalue weighted by Crippen LogP contribution is 2.33. The van der Waals surface area contributed by atoms with E-state index in [1.54, 1.807) is 6.26 Å². The van der Waals surface area contributed by atoms with Crippen LogP contribution in [-0.2, 0) is 13.0 Å². The van der Waals surface area contributed by atoms with E-state index in [1.165, 1.54) is 24.1 Å². The Kier molecular flexibility index (Phi) is 3.56. The normalized spacial score (nSPS) is 14.6. The first-order valence-corrected chi connectivity index (χ1v) is 6.95. The highest BCUT2D eigenvalue weighted by atomic mass is 16.3. The van der Waals surface area contributed by atoms with E-state index < -0.39 is 0 Å². The van der Waals surface area contributed by atoms with Crippen LogP contribution >= 0.6 is 0 Å². The van der Waals surface area contributed by atoms with E-state index in [9.17, 15) is 0 Å². The van der Waals surface area contributed by atoms with Crippen molar-refractivity contribution in [3.05, 3.63) is 54.0 Å². The smallest absolute Gasteiger partial charge is 0.123 e. The zero-order valence-corrected chi connectivity index (χ0v) is 11.1. The molecule has 1 heterocycles. The third kappa shape index (κ3) is 2.99. The van der Waals surface area contributed by atoms with E-state index in [2.05, 4.69) is 29.2 Å². The number of benzene rings is 1. The number of hydrogen-bond donors (Lipinski definition) is 1. The molecule has 0 saturated heterocycles. The fourth-order valence-corrected chi connectivity index (χ4v) is 2.41. The standard InChI is InChI=1S/C16H20N2O/c17-10-9-13-3-5-14(6-4-13)18(15-7-8-15)12-16-2-1-11-19-16/h1-6,11,15H,7-10,12,17H2. The number of nitrogens with zero attached hydrogens (tertiary/aromatic N) is 1. The summed E-state index contributed by atoms with van der Waals surface area (Å²) in [6, 6.07) is 13.4. The highest BCUT2D eigenvalue weighted by Gasteiger charge is 2.29. The molecule has 2 N–H and O–H groups in total. The fourth-order valence-electron chi connectivity index (χ4n) is 2.41. The van der Waals surface area contributed by atoms with Crippen LogP contribution in [0.4, 0.5) is 5.69 Å². The van der Waals surface area contributed by atoms with Crippen LogP contribution in [0, 0.1) is 0 Å². The van der Waals surface area contributed by atoms with Gasteiger partial charge in [-0.15, -0.1) is 0 Å². The van der Waals surface area contributed by atoms with Crippen molar-refractivity contribution in [3.63, 3.8) is 0 Å². The summed E-state index contributed by atoms with van der Waals surface area (Å²) < 4.78 is 5.47. The molecule has 3 nitrogen and oxygen atoms in total. The molecule has 1 fully saturated rings. The Labute approximate surface area is 114 Å². The molecule has 0 unspecified atom stereocenters. The number of furan rings is 1. The van der Waals surface area contributed by atoms with E-state index in [1.807, 2.05) is 12.1 Å². The van der Waals surface area contributed by atoms with Crippen LogP contribution in [-0.4, -0.2) is 12.6 Å². The Bertz CT molecular complexity index is 500. The minimum Gasteiger partial charge on any atom is -0.467 e. The monoisotopic (exact) mass is 256 g/mol. The molecule has 2 aromatic rings. The van der Waals surface area contributed by atoms with Crippen LogP contribution in [0.1, 0.15) is 24.2 Å². The van der Waals surface area contributed by atoms with Crippen molar-refractivity contribution in [3.8, 4) is 0 Å². The van der Waals surface area contributed by atoms with Crippen LogP contribution < -0.4 is 10.6 Å². The fraction of sp³-hybridized carbons (Fsp3) is 0.375. The second-order valence-corrected chi connectivity index (χ2v) is 5.14. The number of anilines is 1. The molecule has 0 spiro atoms. The zero-order valence-electron chi connectivity index (χ0n) is 11.1. The van der Waals surface area contributed by atoms with Gasteiger partial charge in [-0.05, 0) is 55.6 Å². The van der Waals surface area contributed by atoms with Crippen molar-refractivity contribution in [2.75, 3.05) is 11.4 Å². The number of nitrogens with two attached hydrogens (primary N) is 1. The van der Waals surface area contributed by atoms with E-state index in [-0.39, 0.29) is 0 Å². The molecule has 3 rings (SSSR count). The van der Waals surface area contributed by atoms with Crippen LogP contribution in [0.25, 0.3) is 0 Å². The Balaban J connectivity index is 1.76. The molecule has 3 heteroatoms. The van der Waals surface area contributed by atoms with Crippen LogP contribution in [0.3, 0.4) is 0 Å². The Hall–Kier alpha value is -1.74. The van der Waals surface area contributed by atoms with Gasteiger partial charge in [-0.3, -0.25) is 0 Å². The molecular weight excluding hydrogens is 236 g/mol. The first-order chi connectivity index (χ1) is 9.36. The SMILES string of the molecule is NCCc1ccc(N(Cc2ccco2)C2CC2)cc1. The Morgan fingerprint density at radius 1 is 1.16 bits per heavy atom. The molecule has 1 saturated carbocycles. The van der Waals surface area contributed by atoms with Gasteiger partial charge in [0.05, 0.1) is 12.8 Å². The molecule has 0 bridgehead atoms. The molecule has 1 aliphatic rings. The van der Waals surface area contributed by atoms with Gasteiger partial charge in [-0.2, -0.15) is 0 Å². The average molecular weight is 256 g/mol. The Morgan fingerprint density at radius 3 is 2.53 bits per heavy atom. The predicted molar refractivity (Wildman–Crippen MR) is 77.1 cm³/mol. The van der Waals surface area contributed by atoms with Gasteiger partial charge >= 0.3 is 0 Å². The van der Waals surface area contributed by atoms with Crippen molar-refractivity contribution in [1.82, 2.24) is 0 Å². The molecule has 1 aromatic heterocycles. The van der Waals surface area contributed by atoms with Gasteiger partial charge in [0.2, 0.25) is 0 Å². The van der Waals surface area contributed by atoms with Crippen LogP contribution in [0.2, 0.25) is 0 Å². The zero-order chi connectivity index (χ0) is 13.1. The molecule has 1 aromatic carbocycles. The third-order valence-corrected chi connectivity index (χ3v) is 3.59. The first-order valence-electron chi connectivity index (χ1n) is 6.95. The van der Waals surface area contributed by atoms with Crippen LogP contribution in [0.5, 0.6) is 0 Å². The summed E-state index contributed by atoms with van der Waals surface area (Å²) in [4.78, 5) is 2.44. The van der Waals surface area contributed by atoms with Crippen molar-refractivity contribution < 1.29 is 4.42 Å². The van der Waals surface area contributed by atoms with E-state index in [0.717, 1.165) is 18.7 Å². The molecule has 0 atom stereocenters. The quantitative estimate of drug-likeness (QED) is 0.864. The summed E-state index contributed by atoms with van der Waals surface area (Å²) in [6.45, 7) is 1.56. The van der Waals surface area contributed by atoms with Crippen molar-refractivity contribution in [2.24, 2.45) is 5.73 Å². The van der Waals surface area contributed by atoms with Gasteiger partial charge in [0.15, 0.2) is 0 Å². The molecule has 0 aliphatic heterocycles. The average Bonchev–Trinajstić information content (AvgIpc) is 3.15. The first kappa shape index (κ1) is 12.3. The third-order valence-electron chi connectivity index (χ3n) is 3.59. The lowest BCUT2D eigenvalue weighted by Crippen LogP contribution is -2.24. The summed E-state index contributed by atoms with van der Waals surface area (Å²) in [5, 5.41) is 0. The van der Waals surface area contributed by atoms with Crippen molar-refractivity contribution >= 4 is 5.69 Å². The molecule has 100 valence electrons. The van der Waals surface area contributed by atoms with Crippen molar-refractivity contribution in [2.45, 2.75) is 31.8 Å². The van der Waals surface area contributed by atoms with E-state index in [4.69, 9.17) is 10.2 Å². The summed E-state index contributed by atoms with van der Waals surface area (Å²) in [5.41, 5.74) is 8.17. The van der Waals surface area contributed by atoms with E-state index in [0.29, 0.717) is 12.6 Å². The second-order valence-electron chi connectivity index (χ2n) is 5.14. The summed E-state index contributed by atoms with van der Waals surface area (Å²) in [7, 11) is 0. The van der Waals surface area contributed by atoms with Crippen molar-refractivity contribution in [1.29, 1.82) is 0 Å². The molecule has 0 radical (unpaired) electrons. The molecular formula is C16H20N2O. The van der Waals surface area contributed by atoms with Gasteiger partial charge in [-0.25, -0.2) is 0 Å². The number of hydrogen-bond acceptors (Lipinski definition) is 3. The minimum absolute atomic E-state index is 0.672. The lowest BCUT2D eigenvalue weighted by Gasteiger charge is -2.23.